The van der Waals surface area contributed by atoms with E-state index in [4.69, 9.17) is 15.9 Å². The highest BCUT2D eigenvalue weighted by molar-refractivity contribution is 7.98. The standard InChI is InChI=1S/C12H21N3O6S/c1-6(12(20)21)14-11(19)8(3-4-22-2)15-10(18)7(13)5-9(16)17/h6-8H,3-5,13H2,1-2H3,(H,14,19)(H,15,18)(H,16,17)(H,20,21)/t6-,7-,8-/m0/s1. The summed E-state index contributed by atoms with van der Waals surface area (Å²) in [5.41, 5.74) is 5.42. The first-order valence-electron chi connectivity index (χ1n) is 6.48. The zero-order chi connectivity index (χ0) is 17.3. The summed E-state index contributed by atoms with van der Waals surface area (Å²) >= 11 is 1.45. The largest absolute Gasteiger partial charge is 0.481 e. The molecule has 0 aliphatic rings. The van der Waals surface area contributed by atoms with Gasteiger partial charge in [0.2, 0.25) is 11.8 Å². The number of thioether (sulfide) groups is 1. The first-order valence-corrected chi connectivity index (χ1v) is 7.88. The fraction of sp³-hybridized carbons (Fsp3) is 0.667. The number of carbonyl (C=O) groups is 4. The summed E-state index contributed by atoms with van der Waals surface area (Å²) in [6.07, 6.45) is 1.52. The van der Waals surface area contributed by atoms with Gasteiger partial charge in [-0.3, -0.25) is 19.2 Å². The summed E-state index contributed by atoms with van der Waals surface area (Å²) < 4.78 is 0. The number of amides is 2. The van der Waals surface area contributed by atoms with Crippen LogP contribution in [0.2, 0.25) is 0 Å². The van der Waals surface area contributed by atoms with Crippen LogP contribution in [0.3, 0.4) is 0 Å². The molecule has 126 valence electrons. The second-order valence-electron chi connectivity index (χ2n) is 4.62. The van der Waals surface area contributed by atoms with Crippen LogP contribution in [0.4, 0.5) is 0 Å². The van der Waals surface area contributed by atoms with E-state index < -0.39 is 48.3 Å². The van der Waals surface area contributed by atoms with Crippen LogP contribution >= 0.6 is 11.8 Å². The number of carbonyl (C=O) groups excluding carboxylic acids is 2. The van der Waals surface area contributed by atoms with E-state index in [9.17, 15) is 19.2 Å². The quantitative estimate of drug-likeness (QED) is 0.326. The molecule has 0 radical (unpaired) electrons. The lowest BCUT2D eigenvalue weighted by molar-refractivity contribution is -0.142. The minimum atomic E-state index is -1.28. The van der Waals surface area contributed by atoms with Gasteiger partial charge in [-0.05, 0) is 25.4 Å². The van der Waals surface area contributed by atoms with Gasteiger partial charge in [0.25, 0.3) is 0 Å². The second kappa shape index (κ2) is 10.0. The number of rotatable bonds is 10. The lowest BCUT2D eigenvalue weighted by Crippen LogP contribution is -2.54. The van der Waals surface area contributed by atoms with Crippen LogP contribution in [0.1, 0.15) is 19.8 Å². The van der Waals surface area contributed by atoms with Crippen molar-refractivity contribution in [2.45, 2.75) is 37.9 Å². The topological polar surface area (TPSA) is 159 Å². The summed E-state index contributed by atoms with van der Waals surface area (Å²) in [7, 11) is 0. The number of hydrogen-bond acceptors (Lipinski definition) is 6. The van der Waals surface area contributed by atoms with Gasteiger partial charge in [0.15, 0.2) is 0 Å². The molecular formula is C12H21N3O6S. The van der Waals surface area contributed by atoms with Crippen molar-refractivity contribution in [3.8, 4) is 0 Å². The minimum absolute atomic E-state index is 0.269. The average molecular weight is 335 g/mol. The van der Waals surface area contributed by atoms with Crippen molar-refractivity contribution in [1.82, 2.24) is 10.6 Å². The maximum Gasteiger partial charge on any atom is 0.325 e. The SMILES string of the molecule is CSCC[C@H](NC(=O)[C@@H](N)CC(=O)O)C(=O)N[C@@H](C)C(=O)O. The predicted octanol–water partition coefficient (Wildman–Crippen LogP) is -1.38. The number of nitrogens with one attached hydrogen (secondary N) is 2. The van der Waals surface area contributed by atoms with Gasteiger partial charge in [-0.15, -0.1) is 0 Å². The van der Waals surface area contributed by atoms with Gasteiger partial charge in [0, 0.05) is 0 Å². The maximum atomic E-state index is 12.0. The van der Waals surface area contributed by atoms with Crippen LogP contribution in [0.15, 0.2) is 0 Å². The van der Waals surface area contributed by atoms with E-state index in [-0.39, 0.29) is 6.42 Å². The molecule has 0 unspecified atom stereocenters. The summed E-state index contributed by atoms with van der Waals surface area (Å²) in [5.74, 6) is -3.31. The average Bonchev–Trinajstić information content (AvgIpc) is 2.41. The molecule has 6 N–H and O–H groups in total. The Bertz CT molecular complexity index is 431. The van der Waals surface area contributed by atoms with Crippen molar-refractivity contribution in [2.24, 2.45) is 5.73 Å². The van der Waals surface area contributed by atoms with E-state index in [1.165, 1.54) is 18.7 Å². The molecule has 0 spiro atoms. The van der Waals surface area contributed by atoms with Crippen LogP contribution in [0.5, 0.6) is 0 Å². The van der Waals surface area contributed by atoms with Gasteiger partial charge in [-0.1, -0.05) is 0 Å². The zero-order valence-electron chi connectivity index (χ0n) is 12.4. The fourth-order valence-corrected chi connectivity index (χ4v) is 1.91. The summed E-state index contributed by atoms with van der Waals surface area (Å²) in [6, 6.07) is -3.35. The van der Waals surface area contributed by atoms with Crippen LogP contribution in [-0.4, -0.2) is 64.1 Å². The molecule has 0 aliphatic heterocycles. The number of aliphatic carboxylic acids is 2. The molecule has 10 heteroatoms. The first kappa shape index (κ1) is 20.2. The fourth-order valence-electron chi connectivity index (χ4n) is 1.44. The molecule has 0 aliphatic carbocycles. The van der Waals surface area contributed by atoms with Crippen molar-refractivity contribution in [1.29, 1.82) is 0 Å². The third-order valence-corrected chi connectivity index (χ3v) is 3.35. The molecule has 0 aromatic heterocycles. The summed E-state index contributed by atoms with van der Waals surface area (Å²) in [6.45, 7) is 1.30. The molecule has 3 atom stereocenters. The summed E-state index contributed by atoms with van der Waals surface area (Å²) in [4.78, 5) is 45.0. The van der Waals surface area contributed by atoms with Crippen molar-refractivity contribution in [3.63, 3.8) is 0 Å². The smallest absolute Gasteiger partial charge is 0.325 e. The Balaban J connectivity index is 4.75. The first-order chi connectivity index (χ1) is 10.2. The monoisotopic (exact) mass is 335 g/mol. The van der Waals surface area contributed by atoms with E-state index in [1.54, 1.807) is 0 Å². The molecule has 0 bridgehead atoms. The third kappa shape index (κ3) is 7.84. The molecule has 0 saturated heterocycles. The van der Waals surface area contributed by atoms with E-state index in [0.717, 1.165) is 0 Å². The van der Waals surface area contributed by atoms with Gasteiger partial charge >= 0.3 is 11.9 Å². The van der Waals surface area contributed by atoms with Crippen molar-refractivity contribution in [3.05, 3.63) is 0 Å². The number of carboxylic acid groups (broad SMARTS) is 2. The Hall–Kier alpha value is -1.81. The molecule has 0 heterocycles. The van der Waals surface area contributed by atoms with Gasteiger partial charge < -0.3 is 26.6 Å². The maximum absolute atomic E-state index is 12.0. The van der Waals surface area contributed by atoms with Crippen molar-refractivity contribution >= 4 is 35.5 Å². The lowest BCUT2D eigenvalue weighted by Gasteiger charge is -2.21. The molecule has 0 aromatic rings. The molecule has 0 saturated carbocycles. The number of nitrogens with two attached hydrogens (primary N) is 1. The third-order valence-electron chi connectivity index (χ3n) is 2.70. The van der Waals surface area contributed by atoms with Crippen LogP contribution < -0.4 is 16.4 Å². The predicted molar refractivity (Wildman–Crippen MR) is 80.4 cm³/mol. The van der Waals surface area contributed by atoms with E-state index in [2.05, 4.69) is 10.6 Å². The van der Waals surface area contributed by atoms with Crippen LogP contribution in [0, 0.1) is 0 Å². The lowest BCUT2D eigenvalue weighted by atomic mass is 10.1. The van der Waals surface area contributed by atoms with Crippen LogP contribution in [-0.2, 0) is 19.2 Å². The number of carboxylic acids is 2. The zero-order valence-corrected chi connectivity index (χ0v) is 13.2. The van der Waals surface area contributed by atoms with E-state index >= 15 is 0 Å². The Kier molecular flexibility index (Phi) is 9.18. The molecule has 9 nitrogen and oxygen atoms in total. The Morgan fingerprint density at radius 2 is 1.73 bits per heavy atom. The molecule has 0 aromatic carbocycles. The van der Waals surface area contributed by atoms with Crippen molar-refractivity contribution < 1.29 is 29.4 Å². The molecule has 2 amide bonds. The molecule has 0 rings (SSSR count). The molecule has 0 fully saturated rings. The van der Waals surface area contributed by atoms with Crippen LogP contribution in [0.25, 0.3) is 0 Å². The van der Waals surface area contributed by atoms with Gasteiger partial charge in [-0.2, -0.15) is 11.8 Å². The molecular weight excluding hydrogens is 314 g/mol. The van der Waals surface area contributed by atoms with E-state index in [0.29, 0.717) is 5.75 Å². The highest BCUT2D eigenvalue weighted by Gasteiger charge is 2.26. The second-order valence-corrected chi connectivity index (χ2v) is 5.60. The highest BCUT2D eigenvalue weighted by atomic mass is 32.2. The summed E-state index contributed by atoms with van der Waals surface area (Å²) in [5, 5.41) is 22.0. The number of hydrogen-bond donors (Lipinski definition) is 5. The highest BCUT2D eigenvalue weighted by Crippen LogP contribution is 2.03. The Labute approximate surface area is 132 Å². The van der Waals surface area contributed by atoms with E-state index in [1.807, 2.05) is 6.26 Å². The van der Waals surface area contributed by atoms with Gasteiger partial charge in [-0.25, -0.2) is 0 Å². The Morgan fingerprint density at radius 1 is 1.14 bits per heavy atom. The molecule has 22 heavy (non-hydrogen) atoms. The minimum Gasteiger partial charge on any atom is -0.481 e. The normalized spacial score (nSPS) is 14.5. The van der Waals surface area contributed by atoms with Crippen molar-refractivity contribution in [2.75, 3.05) is 12.0 Å². The van der Waals surface area contributed by atoms with Gasteiger partial charge in [0.1, 0.15) is 12.1 Å². The van der Waals surface area contributed by atoms with Gasteiger partial charge in [0.05, 0.1) is 12.5 Å². The Morgan fingerprint density at radius 3 is 2.18 bits per heavy atom.